The molecule has 0 N–H and O–H groups in total. The molecule has 108 valence electrons. The van der Waals surface area contributed by atoms with Gasteiger partial charge in [-0.25, -0.2) is 0 Å². The Morgan fingerprint density at radius 2 is 1.56 bits per heavy atom. The predicted molar refractivity (Wildman–Crippen MR) is 78.1 cm³/mol. The van der Waals surface area contributed by atoms with Gasteiger partial charge in [-0.05, 0) is 53.5 Å². The third-order valence-electron chi connectivity index (χ3n) is 3.71. The molecular formula is C15H32N2O. The van der Waals surface area contributed by atoms with Crippen molar-refractivity contribution in [2.75, 3.05) is 39.3 Å². The Morgan fingerprint density at radius 1 is 0.889 bits per heavy atom. The van der Waals surface area contributed by atoms with Gasteiger partial charge in [-0.1, -0.05) is 0 Å². The van der Waals surface area contributed by atoms with E-state index in [1.54, 1.807) is 0 Å². The molecule has 0 aromatic carbocycles. The molecule has 0 saturated carbocycles. The van der Waals surface area contributed by atoms with E-state index in [1.807, 2.05) is 0 Å². The molecule has 1 fully saturated rings. The van der Waals surface area contributed by atoms with Crippen molar-refractivity contribution < 1.29 is 4.74 Å². The maximum absolute atomic E-state index is 5.55. The zero-order chi connectivity index (χ0) is 13.4. The third kappa shape index (κ3) is 6.72. The monoisotopic (exact) mass is 256 g/mol. The van der Waals surface area contributed by atoms with Crippen LogP contribution in [-0.2, 0) is 4.74 Å². The molecule has 0 atom stereocenters. The van der Waals surface area contributed by atoms with E-state index < -0.39 is 0 Å². The van der Waals surface area contributed by atoms with Crippen LogP contribution >= 0.6 is 0 Å². The normalized spacial score (nSPS) is 19.0. The van der Waals surface area contributed by atoms with E-state index in [0.29, 0.717) is 12.1 Å². The molecular weight excluding hydrogens is 224 g/mol. The molecule has 0 aromatic rings. The molecule has 0 amide bonds. The van der Waals surface area contributed by atoms with Crippen molar-refractivity contribution >= 4 is 0 Å². The van der Waals surface area contributed by atoms with Crippen LogP contribution in [0.5, 0.6) is 0 Å². The van der Waals surface area contributed by atoms with E-state index in [2.05, 4.69) is 37.5 Å². The van der Waals surface area contributed by atoms with Crippen LogP contribution in [0.1, 0.15) is 47.0 Å². The van der Waals surface area contributed by atoms with E-state index in [0.717, 1.165) is 6.61 Å². The Kier molecular flexibility index (Phi) is 7.87. The van der Waals surface area contributed by atoms with Crippen LogP contribution in [0.3, 0.4) is 0 Å². The van der Waals surface area contributed by atoms with Crippen LogP contribution < -0.4 is 0 Å². The lowest BCUT2D eigenvalue weighted by Crippen LogP contribution is -2.48. The van der Waals surface area contributed by atoms with E-state index in [-0.39, 0.29) is 0 Å². The van der Waals surface area contributed by atoms with E-state index in [9.17, 15) is 0 Å². The minimum atomic E-state index is 0.383. The fourth-order valence-electron chi connectivity index (χ4n) is 2.44. The summed E-state index contributed by atoms with van der Waals surface area (Å²) in [6.45, 7) is 16.0. The summed E-state index contributed by atoms with van der Waals surface area (Å²) in [5.41, 5.74) is 0. The van der Waals surface area contributed by atoms with Crippen LogP contribution in [0.4, 0.5) is 0 Å². The van der Waals surface area contributed by atoms with Crippen molar-refractivity contribution in [3.63, 3.8) is 0 Å². The van der Waals surface area contributed by atoms with Crippen LogP contribution in [-0.4, -0.2) is 61.3 Å². The lowest BCUT2D eigenvalue weighted by molar-refractivity contribution is 0.0739. The van der Waals surface area contributed by atoms with Gasteiger partial charge in [0.25, 0.3) is 0 Å². The Bertz CT molecular complexity index is 199. The topological polar surface area (TPSA) is 15.7 Å². The smallest absolute Gasteiger partial charge is 0.0518 e. The highest BCUT2D eigenvalue weighted by molar-refractivity contribution is 4.73. The molecule has 1 aliphatic rings. The summed E-state index contributed by atoms with van der Waals surface area (Å²) in [6, 6.07) is 0.709. The van der Waals surface area contributed by atoms with Crippen molar-refractivity contribution in [2.45, 2.75) is 59.1 Å². The van der Waals surface area contributed by atoms with Gasteiger partial charge < -0.3 is 9.64 Å². The number of nitrogens with zero attached hydrogens (tertiary/aromatic N) is 2. The van der Waals surface area contributed by atoms with Gasteiger partial charge in [0.15, 0.2) is 0 Å². The summed E-state index contributed by atoms with van der Waals surface area (Å²) in [4.78, 5) is 5.19. The summed E-state index contributed by atoms with van der Waals surface area (Å²) >= 11 is 0. The average molecular weight is 256 g/mol. The molecule has 0 unspecified atom stereocenters. The van der Waals surface area contributed by atoms with Crippen LogP contribution in [0.2, 0.25) is 0 Å². The van der Waals surface area contributed by atoms with Crippen molar-refractivity contribution in [1.82, 2.24) is 9.80 Å². The minimum absolute atomic E-state index is 0.383. The molecule has 1 saturated heterocycles. The predicted octanol–water partition coefficient (Wildman–Crippen LogP) is 2.61. The summed E-state index contributed by atoms with van der Waals surface area (Å²) in [7, 11) is 0. The lowest BCUT2D eigenvalue weighted by Gasteiger charge is -2.36. The summed E-state index contributed by atoms with van der Waals surface area (Å²) in [5.74, 6) is 0. The second kappa shape index (κ2) is 8.89. The zero-order valence-corrected chi connectivity index (χ0v) is 12.8. The van der Waals surface area contributed by atoms with Crippen molar-refractivity contribution in [1.29, 1.82) is 0 Å². The summed E-state index contributed by atoms with van der Waals surface area (Å²) in [5, 5.41) is 0. The quantitative estimate of drug-likeness (QED) is 0.621. The Morgan fingerprint density at radius 3 is 2.11 bits per heavy atom. The van der Waals surface area contributed by atoms with Gasteiger partial charge in [0.05, 0.1) is 6.10 Å². The Hall–Kier alpha value is -0.120. The number of unbranched alkanes of at least 4 members (excludes halogenated alkanes) is 2. The van der Waals surface area contributed by atoms with Crippen molar-refractivity contribution in [3.05, 3.63) is 0 Å². The van der Waals surface area contributed by atoms with Gasteiger partial charge in [0.1, 0.15) is 0 Å². The first kappa shape index (κ1) is 15.9. The summed E-state index contributed by atoms with van der Waals surface area (Å²) in [6.07, 6.45) is 4.22. The third-order valence-corrected chi connectivity index (χ3v) is 3.71. The van der Waals surface area contributed by atoms with Crippen LogP contribution in [0, 0.1) is 0 Å². The fourth-order valence-corrected chi connectivity index (χ4v) is 2.44. The molecule has 0 aromatic heterocycles. The SMILES string of the molecule is CC(C)OCCCCCN1CCN(C(C)C)CC1. The second-order valence-corrected chi connectivity index (χ2v) is 5.95. The molecule has 0 radical (unpaired) electrons. The first-order valence-electron chi connectivity index (χ1n) is 7.67. The number of ether oxygens (including phenoxy) is 1. The number of piperazine rings is 1. The van der Waals surface area contributed by atoms with Crippen LogP contribution in [0.25, 0.3) is 0 Å². The van der Waals surface area contributed by atoms with Gasteiger partial charge in [-0.15, -0.1) is 0 Å². The highest BCUT2D eigenvalue weighted by atomic mass is 16.5. The van der Waals surface area contributed by atoms with Crippen molar-refractivity contribution in [2.24, 2.45) is 0 Å². The molecule has 1 aliphatic heterocycles. The lowest BCUT2D eigenvalue weighted by atomic mass is 10.2. The first-order valence-corrected chi connectivity index (χ1v) is 7.67. The van der Waals surface area contributed by atoms with Gasteiger partial charge in [0.2, 0.25) is 0 Å². The van der Waals surface area contributed by atoms with Crippen molar-refractivity contribution in [3.8, 4) is 0 Å². The molecule has 0 spiro atoms. The Balaban J connectivity index is 1.95. The van der Waals surface area contributed by atoms with E-state index in [4.69, 9.17) is 4.74 Å². The molecule has 1 rings (SSSR count). The largest absolute Gasteiger partial charge is 0.379 e. The maximum atomic E-state index is 5.55. The molecule has 0 bridgehead atoms. The highest BCUT2D eigenvalue weighted by Crippen LogP contribution is 2.07. The summed E-state index contributed by atoms with van der Waals surface area (Å²) < 4.78 is 5.55. The van der Waals surface area contributed by atoms with Gasteiger partial charge in [0, 0.05) is 38.8 Å². The molecule has 0 aliphatic carbocycles. The number of hydrogen-bond acceptors (Lipinski definition) is 3. The first-order chi connectivity index (χ1) is 8.59. The van der Waals surface area contributed by atoms with Crippen LogP contribution in [0.15, 0.2) is 0 Å². The molecule has 1 heterocycles. The Labute approximate surface area is 113 Å². The molecule has 18 heavy (non-hydrogen) atoms. The average Bonchev–Trinajstić information content (AvgIpc) is 2.34. The highest BCUT2D eigenvalue weighted by Gasteiger charge is 2.17. The standard InChI is InChI=1S/C15H32N2O/c1-14(2)17-11-9-16(10-12-17)8-6-5-7-13-18-15(3)4/h14-15H,5-13H2,1-4H3. The molecule has 3 nitrogen and oxygen atoms in total. The van der Waals surface area contributed by atoms with E-state index >= 15 is 0 Å². The fraction of sp³-hybridized carbons (Fsp3) is 1.00. The van der Waals surface area contributed by atoms with E-state index in [1.165, 1.54) is 52.0 Å². The van der Waals surface area contributed by atoms with Gasteiger partial charge in [-0.3, -0.25) is 4.90 Å². The number of hydrogen-bond donors (Lipinski definition) is 0. The molecule has 3 heteroatoms. The van der Waals surface area contributed by atoms with Gasteiger partial charge >= 0.3 is 0 Å². The van der Waals surface area contributed by atoms with Gasteiger partial charge in [-0.2, -0.15) is 0 Å². The maximum Gasteiger partial charge on any atom is 0.0518 e. The minimum Gasteiger partial charge on any atom is -0.379 e. The second-order valence-electron chi connectivity index (χ2n) is 5.95. The number of rotatable bonds is 8. The zero-order valence-electron chi connectivity index (χ0n) is 12.8.